The van der Waals surface area contributed by atoms with Gasteiger partial charge in [0.05, 0.1) is 10.9 Å². The van der Waals surface area contributed by atoms with Crippen molar-refractivity contribution in [3.63, 3.8) is 0 Å². The monoisotopic (exact) mass is 308 g/mol. The first-order chi connectivity index (χ1) is 9.69. The summed E-state index contributed by atoms with van der Waals surface area (Å²) in [4.78, 5) is 0. The molecule has 4 heteroatoms. The van der Waals surface area contributed by atoms with Crippen molar-refractivity contribution in [2.75, 3.05) is 5.88 Å². The van der Waals surface area contributed by atoms with Crippen LogP contribution in [-0.4, -0.2) is 5.88 Å². The van der Waals surface area contributed by atoms with Gasteiger partial charge < -0.3 is 4.74 Å². The maximum Gasteiger partial charge on any atom is 0.141 e. The fourth-order valence-electron chi connectivity index (χ4n) is 1.60. The summed E-state index contributed by atoms with van der Waals surface area (Å²) in [5, 5.41) is 0.0906. The van der Waals surface area contributed by atoms with Gasteiger partial charge in [-0.3, -0.25) is 0 Å². The Balaban J connectivity index is 2.05. The van der Waals surface area contributed by atoms with Crippen LogP contribution in [0.5, 0.6) is 5.75 Å². The van der Waals surface area contributed by atoms with E-state index in [2.05, 4.69) is 11.8 Å². The summed E-state index contributed by atoms with van der Waals surface area (Å²) in [7, 11) is 0. The largest absolute Gasteiger partial charge is 0.489 e. The highest BCUT2D eigenvalue weighted by Crippen LogP contribution is 2.18. The molecule has 0 aliphatic carbocycles. The van der Waals surface area contributed by atoms with Crippen molar-refractivity contribution in [1.29, 1.82) is 0 Å². The third kappa shape index (κ3) is 4.16. The molecule has 0 aromatic heterocycles. The Kier molecular flexibility index (Phi) is 5.29. The van der Waals surface area contributed by atoms with Gasteiger partial charge in [-0.2, -0.15) is 0 Å². The van der Waals surface area contributed by atoms with Crippen LogP contribution in [0.15, 0.2) is 42.5 Å². The van der Waals surface area contributed by atoms with Gasteiger partial charge in [-0.25, -0.2) is 4.39 Å². The Hall–Kier alpha value is -1.69. The maximum atomic E-state index is 13.0. The van der Waals surface area contributed by atoms with E-state index in [4.69, 9.17) is 27.9 Å². The fraction of sp³-hybridized carbons (Fsp3) is 0.125. The first-order valence-electron chi connectivity index (χ1n) is 5.90. The minimum atomic E-state index is -0.436. The molecule has 1 nitrogen and oxygen atoms in total. The zero-order valence-corrected chi connectivity index (χ0v) is 12.0. The summed E-state index contributed by atoms with van der Waals surface area (Å²) >= 11 is 11.2. The summed E-state index contributed by atoms with van der Waals surface area (Å²) in [5.74, 6) is 6.24. The van der Waals surface area contributed by atoms with Gasteiger partial charge in [0.2, 0.25) is 0 Å². The maximum absolute atomic E-state index is 13.0. The van der Waals surface area contributed by atoms with E-state index >= 15 is 0 Å². The second-order valence-corrected chi connectivity index (χ2v) is 4.67. The van der Waals surface area contributed by atoms with Crippen LogP contribution in [-0.2, 0) is 6.61 Å². The normalized spacial score (nSPS) is 9.75. The van der Waals surface area contributed by atoms with Gasteiger partial charge in [-0.05, 0) is 35.9 Å². The second-order valence-electron chi connectivity index (χ2n) is 4.00. The Labute approximate surface area is 127 Å². The Morgan fingerprint density at radius 3 is 2.75 bits per heavy atom. The smallest absolute Gasteiger partial charge is 0.141 e. The molecule has 0 saturated carbocycles. The zero-order valence-electron chi connectivity index (χ0n) is 10.5. The lowest BCUT2D eigenvalue weighted by atomic mass is 10.2. The highest BCUT2D eigenvalue weighted by Gasteiger charge is 2.02. The van der Waals surface area contributed by atoms with E-state index in [9.17, 15) is 4.39 Å². The molecule has 2 rings (SSSR count). The topological polar surface area (TPSA) is 9.23 Å². The summed E-state index contributed by atoms with van der Waals surface area (Å²) < 4.78 is 18.7. The van der Waals surface area contributed by atoms with Crippen molar-refractivity contribution in [3.05, 3.63) is 64.4 Å². The van der Waals surface area contributed by atoms with Gasteiger partial charge in [-0.15, -0.1) is 11.6 Å². The number of benzene rings is 2. The summed E-state index contributed by atoms with van der Waals surface area (Å²) in [6, 6.07) is 11.9. The Morgan fingerprint density at radius 2 is 2.00 bits per heavy atom. The minimum Gasteiger partial charge on any atom is -0.489 e. The molecule has 0 fully saturated rings. The molecule has 20 heavy (non-hydrogen) atoms. The quantitative estimate of drug-likeness (QED) is 0.592. The van der Waals surface area contributed by atoms with Gasteiger partial charge in [0.15, 0.2) is 0 Å². The van der Waals surface area contributed by atoms with Crippen LogP contribution in [0, 0.1) is 17.7 Å². The van der Waals surface area contributed by atoms with E-state index in [-0.39, 0.29) is 5.02 Å². The van der Waals surface area contributed by atoms with Crippen LogP contribution in [0.25, 0.3) is 0 Å². The van der Waals surface area contributed by atoms with E-state index in [1.54, 1.807) is 12.1 Å². The molecule has 0 radical (unpaired) electrons. The molecule has 0 aliphatic heterocycles. The first-order valence-corrected chi connectivity index (χ1v) is 6.82. The molecule has 0 saturated heterocycles. The van der Waals surface area contributed by atoms with Gasteiger partial charge in [-0.1, -0.05) is 35.6 Å². The van der Waals surface area contributed by atoms with Crippen LogP contribution >= 0.6 is 23.2 Å². The van der Waals surface area contributed by atoms with Crippen molar-refractivity contribution < 1.29 is 9.13 Å². The Morgan fingerprint density at radius 1 is 1.15 bits per heavy atom. The molecule has 102 valence electrons. The SMILES string of the molecule is Fc1ccc(COc2cccc(C#CCCl)c2)cc1Cl. The van der Waals surface area contributed by atoms with Crippen molar-refractivity contribution in [2.24, 2.45) is 0 Å². The molecule has 0 amide bonds. The van der Waals surface area contributed by atoms with Gasteiger partial charge in [0.25, 0.3) is 0 Å². The van der Waals surface area contributed by atoms with Crippen molar-refractivity contribution >= 4 is 23.2 Å². The van der Waals surface area contributed by atoms with Crippen molar-refractivity contribution in [3.8, 4) is 17.6 Å². The predicted octanol–water partition coefficient (Wildman–Crippen LogP) is 4.65. The van der Waals surface area contributed by atoms with Gasteiger partial charge in [0, 0.05) is 5.56 Å². The van der Waals surface area contributed by atoms with Crippen LogP contribution in [0.2, 0.25) is 5.02 Å². The molecule has 0 heterocycles. The predicted molar refractivity (Wildman–Crippen MR) is 79.8 cm³/mol. The van der Waals surface area contributed by atoms with Crippen LogP contribution < -0.4 is 4.74 Å². The second kappa shape index (κ2) is 7.19. The van der Waals surface area contributed by atoms with Crippen LogP contribution in [0.1, 0.15) is 11.1 Å². The number of halogens is 3. The zero-order chi connectivity index (χ0) is 14.4. The summed E-state index contributed by atoms with van der Waals surface area (Å²) in [6.45, 7) is 0.312. The lowest BCUT2D eigenvalue weighted by Gasteiger charge is -2.07. The number of hydrogen-bond donors (Lipinski definition) is 0. The van der Waals surface area contributed by atoms with Crippen molar-refractivity contribution in [1.82, 2.24) is 0 Å². The molecule has 0 aliphatic rings. The number of rotatable bonds is 3. The van der Waals surface area contributed by atoms with E-state index in [1.165, 1.54) is 6.07 Å². The fourth-order valence-corrected chi connectivity index (χ4v) is 1.87. The van der Waals surface area contributed by atoms with Crippen molar-refractivity contribution in [2.45, 2.75) is 6.61 Å². The van der Waals surface area contributed by atoms with E-state index in [1.807, 2.05) is 24.3 Å². The molecule has 0 N–H and O–H groups in total. The lowest BCUT2D eigenvalue weighted by molar-refractivity contribution is 0.306. The molecular formula is C16H11Cl2FO. The summed E-state index contributed by atoms with van der Waals surface area (Å²) in [6.07, 6.45) is 0. The molecule has 0 spiro atoms. The van der Waals surface area contributed by atoms with E-state index in [0.717, 1.165) is 11.1 Å². The number of hydrogen-bond acceptors (Lipinski definition) is 1. The minimum absolute atomic E-state index is 0.0906. The molecular weight excluding hydrogens is 298 g/mol. The highest BCUT2D eigenvalue weighted by molar-refractivity contribution is 6.30. The highest BCUT2D eigenvalue weighted by atomic mass is 35.5. The van der Waals surface area contributed by atoms with Crippen LogP contribution in [0.4, 0.5) is 4.39 Å². The van der Waals surface area contributed by atoms with Gasteiger partial charge >= 0.3 is 0 Å². The van der Waals surface area contributed by atoms with Crippen LogP contribution in [0.3, 0.4) is 0 Å². The molecule has 0 atom stereocenters. The number of ether oxygens (including phenoxy) is 1. The van der Waals surface area contributed by atoms with Gasteiger partial charge in [0.1, 0.15) is 18.2 Å². The third-order valence-corrected chi connectivity index (χ3v) is 2.95. The first kappa shape index (κ1) is 14.7. The third-order valence-electron chi connectivity index (χ3n) is 2.52. The van der Waals surface area contributed by atoms with E-state index in [0.29, 0.717) is 18.2 Å². The Bertz CT molecular complexity index is 659. The molecule has 0 bridgehead atoms. The van der Waals surface area contributed by atoms with E-state index < -0.39 is 5.82 Å². The lowest BCUT2D eigenvalue weighted by Crippen LogP contribution is -1.96. The standard InChI is InChI=1S/C16H11Cl2FO/c17-8-2-4-12-3-1-5-14(9-12)20-11-13-6-7-16(19)15(18)10-13/h1,3,5-7,9-10H,8,11H2. The average molecular weight is 309 g/mol. The number of alkyl halides is 1. The molecule has 2 aromatic rings. The average Bonchev–Trinajstić information content (AvgIpc) is 2.47. The molecule has 2 aromatic carbocycles. The summed E-state index contributed by atoms with van der Waals surface area (Å²) in [5.41, 5.74) is 1.63. The molecule has 0 unspecified atom stereocenters.